The average molecular weight is 187 g/mol. The van der Waals surface area contributed by atoms with Crippen LogP contribution in [0.25, 0.3) is 0 Å². The Labute approximate surface area is 70.6 Å². The van der Waals surface area contributed by atoms with Crippen LogP contribution in [0.2, 0.25) is 0 Å². The van der Waals surface area contributed by atoms with Crippen LogP contribution in [0.4, 0.5) is 0 Å². The Balaban J connectivity index is 2.50. The van der Waals surface area contributed by atoms with Gasteiger partial charge in [-0.25, -0.2) is 10.1 Å². The van der Waals surface area contributed by atoms with Gasteiger partial charge in [-0.15, -0.1) is 0 Å². The molecule has 1 atom stereocenters. The van der Waals surface area contributed by atoms with Crippen molar-refractivity contribution >= 4 is 7.75 Å². The van der Waals surface area contributed by atoms with Crippen LogP contribution < -0.4 is 5.50 Å². The smallest absolute Gasteiger partial charge is 0.313 e. The Hall–Kier alpha value is -0.670. The van der Waals surface area contributed by atoms with E-state index >= 15 is 0 Å². The van der Waals surface area contributed by atoms with Gasteiger partial charge in [0.1, 0.15) is 0 Å². The predicted molar refractivity (Wildman–Crippen MR) is 45.2 cm³/mol. The SMILES string of the molecule is NP(=O)(O)OCc1ccccc1. The lowest BCUT2D eigenvalue weighted by Crippen LogP contribution is -1.98. The molecule has 66 valence electrons. The normalized spacial score (nSPS) is 15.5. The molecule has 0 aliphatic carbocycles. The van der Waals surface area contributed by atoms with Crippen LogP contribution in [-0.2, 0) is 15.7 Å². The van der Waals surface area contributed by atoms with E-state index in [0.717, 1.165) is 5.56 Å². The second-order valence-corrected chi connectivity index (χ2v) is 3.71. The van der Waals surface area contributed by atoms with E-state index in [1.807, 2.05) is 18.2 Å². The summed E-state index contributed by atoms with van der Waals surface area (Å²) in [5.74, 6) is 0. The lowest BCUT2D eigenvalue weighted by Gasteiger charge is -2.05. The first-order valence-corrected chi connectivity index (χ1v) is 5.02. The van der Waals surface area contributed by atoms with E-state index in [2.05, 4.69) is 4.52 Å². The molecule has 1 aromatic carbocycles. The number of rotatable bonds is 3. The number of nitrogens with two attached hydrogens (primary N) is 1. The standard InChI is InChI=1S/C7H10NO3P/c8-12(9,10)11-6-7-4-2-1-3-5-7/h1-5H,6H2,(H3,8,9,10). The van der Waals surface area contributed by atoms with Crippen molar-refractivity contribution in [1.82, 2.24) is 0 Å². The highest BCUT2D eigenvalue weighted by Crippen LogP contribution is 2.32. The highest BCUT2D eigenvalue weighted by molar-refractivity contribution is 7.50. The van der Waals surface area contributed by atoms with Gasteiger partial charge in [-0.1, -0.05) is 30.3 Å². The van der Waals surface area contributed by atoms with E-state index in [4.69, 9.17) is 10.4 Å². The summed E-state index contributed by atoms with van der Waals surface area (Å²) in [5.41, 5.74) is 5.59. The van der Waals surface area contributed by atoms with Crippen LogP contribution in [0.5, 0.6) is 0 Å². The lowest BCUT2D eigenvalue weighted by molar-refractivity contribution is 0.251. The first kappa shape index (κ1) is 9.42. The fourth-order valence-electron chi connectivity index (χ4n) is 0.741. The predicted octanol–water partition coefficient (Wildman–Crippen LogP) is 1.26. The molecule has 5 heteroatoms. The first-order chi connectivity index (χ1) is 5.58. The molecule has 0 fully saturated rings. The Bertz CT molecular complexity index is 282. The van der Waals surface area contributed by atoms with Gasteiger partial charge in [0.25, 0.3) is 0 Å². The fourth-order valence-corrected chi connectivity index (χ4v) is 1.08. The minimum atomic E-state index is -3.83. The third kappa shape index (κ3) is 3.64. The lowest BCUT2D eigenvalue weighted by atomic mass is 10.2. The van der Waals surface area contributed by atoms with Crippen LogP contribution in [0, 0.1) is 0 Å². The highest BCUT2D eigenvalue weighted by Gasteiger charge is 2.10. The molecule has 1 aromatic rings. The van der Waals surface area contributed by atoms with Gasteiger partial charge in [0.05, 0.1) is 6.61 Å². The van der Waals surface area contributed by atoms with Crippen molar-refractivity contribution in [3.05, 3.63) is 35.9 Å². The summed E-state index contributed by atoms with van der Waals surface area (Å²) >= 11 is 0. The number of hydrogen-bond acceptors (Lipinski definition) is 2. The molecule has 12 heavy (non-hydrogen) atoms. The monoisotopic (exact) mass is 187 g/mol. The second kappa shape index (κ2) is 3.83. The summed E-state index contributed by atoms with van der Waals surface area (Å²) in [6, 6.07) is 9.06. The van der Waals surface area contributed by atoms with E-state index < -0.39 is 7.75 Å². The molecule has 0 amide bonds. The highest BCUT2D eigenvalue weighted by atomic mass is 31.2. The van der Waals surface area contributed by atoms with Gasteiger partial charge in [0, 0.05) is 0 Å². The van der Waals surface area contributed by atoms with Gasteiger partial charge >= 0.3 is 7.75 Å². The molecule has 0 spiro atoms. The van der Waals surface area contributed by atoms with Crippen molar-refractivity contribution < 1.29 is 14.0 Å². The molecule has 1 unspecified atom stereocenters. The number of hydrogen-bond donors (Lipinski definition) is 2. The third-order valence-corrected chi connectivity index (χ3v) is 1.76. The quantitative estimate of drug-likeness (QED) is 0.698. The summed E-state index contributed by atoms with van der Waals surface area (Å²) in [5, 5.41) is 0. The Morgan fingerprint density at radius 1 is 1.42 bits per heavy atom. The molecule has 0 aromatic heterocycles. The molecule has 0 saturated carbocycles. The van der Waals surface area contributed by atoms with Crippen molar-refractivity contribution in [3.8, 4) is 0 Å². The maximum Gasteiger partial charge on any atom is 0.400 e. The molecule has 0 saturated heterocycles. The van der Waals surface area contributed by atoms with Gasteiger partial charge in [-0.3, -0.25) is 4.52 Å². The fraction of sp³-hybridized carbons (Fsp3) is 0.143. The van der Waals surface area contributed by atoms with Crippen LogP contribution in [0.1, 0.15) is 5.56 Å². The van der Waals surface area contributed by atoms with Gasteiger partial charge < -0.3 is 4.89 Å². The van der Waals surface area contributed by atoms with E-state index in [1.165, 1.54) is 0 Å². The molecule has 0 aliphatic heterocycles. The molecule has 0 bridgehead atoms. The van der Waals surface area contributed by atoms with Crippen LogP contribution in [-0.4, -0.2) is 4.89 Å². The molecule has 0 aliphatic rings. The summed E-state index contributed by atoms with van der Waals surface area (Å²) in [6.45, 7) is 0.0606. The first-order valence-electron chi connectivity index (χ1n) is 3.38. The summed E-state index contributed by atoms with van der Waals surface area (Å²) in [7, 11) is -3.83. The average Bonchev–Trinajstić information content (AvgIpc) is 2.02. The van der Waals surface area contributed by atoms with Gasteiger partial charge in [-0.05, 0) is 5.56 Å². The molecule has 3 N–H and O–H groups in total. The van der Waals surface area contributed by atoms with Gasteiger partial charge in [0.2, 0.25) is 0 Å². The van der Waals surface area contributed by atoms with Gasteiger partial charge in [-0.2, -0.15) is 0 Å². The van der Waals surface area contributed by atoms with Crippen molar-refractivity contribution in [2.45, 2.75) is 6.61 Å². The van der Waals surface area contributed by atoms with Crippen molar-refractivity contribution in [2.75, 3.05) is 0 Å². The second-order valence-electron chi connectivity index (χ2n) is 2.32. The zero-order valence-electron chi connectivity index (χ0n) is 6.38. The minimum absolute atomic E-state index is 0.0606. The zero-order valence-corrected chi connectivity index (χ0v) is 7.28. The third-order valence-electron chi connectivity index (χ3n) is 1.26. The molecule has 4 nitrogen and oxygen atoms in total. The minimum Gasteiger partial charge on any atom is -0.313 e. The Morgan fingerprint density at radius 2 is 2.00 bits per heavy atom. The van der Waals surface area contributed by atoms with Crippen LogP contribution >= 0.6 is 7.75 Å². The Morgan fingerprint density at radius 3 is 2.50 bits per heavy atom. The molecule has 0 radical (unpaired) electrons. The van der Waals surface area contributed by atoms with Crippen molar-refractivity contribution in [2.24, 2.45) is 5.50 Å². The maximum absolute atomic E-state index is 10.5. The Kier molecular flexibility index (Phi) is 3.00. The maximum atomic E-state index is 10.5. The summed E-state index contributed by atoms with van der Waals surface area (Å²) in [4.78, 5) is 8.59. The van der Waals surface area contributed by atoms with Gasteiger partial charge in [0.15, 0.2) is 0 Å². The van der Waals surface area contributed by atoms with E-state index in [-0.39, 0.29) is 6.61 Å². The largest absolute Gasteiger partial charge is 0.400 e. The summed E-state index contributed by atoms with van der Waals surface area (Å²) in [6.07, 6.45) is 0. The van der Waals surface area contributed by atoms with Crippen molar-refractivity contribution in [3.63, 3.8) is 0 Å². The van der Waals surface area contributed by atoms with E-state index in [1.54, 1.807) is 12.1 Å². The summed E-state index contributed by atoms with van der Waals surface area (Å²) < 4.78 is 15.0. The molecular weight excluding hydrogens is 177 g/mol. The molecule has 0 heterocycles. The van der Waals surface area contributed by atoms with Crippen LogP contribution in [0.15, 0.2) is 30.3 Å². The molecular formula is C7H10NO3P. The molecule has 1 rings (SSSR count). The topological polar surface area (TPSA) is 72.6 Å². The van der Waals surface area contributed by atoms with E-state index in [0.29, 0.717) is 0 Å². The van der Waals surface area contributed by atoms with Crippen molar-refractivity contribution in [1.29, 1.82) is 0 Å². The van der Waals surface area contributed by atoms with Crippen LogP contribution in [0.3, 0.4) is 0 Å². The number of benzene rings is 1. The zero-order chi connectivity index (χ0) is 9.03. The van der Waals surface area contributed by atoms with E-state index in [9.17, 15) is 4.57 Å².